The van der Waals surface area contributed by atoms with E-state index in [-0.39, 0.29) is 0 Å². The van der Waals surface area contributed by atoms with Crippen LogP contribution in [-0.4, -0.2) is 0 Å². The highest BCUT2D eigenvalue weighted by Crippen LogP contribution is 2.45. The van der Waals surface area contributed by atoms with Crippen molar-refractivity contribution < 1.29 is 13.3 Å². The van der Waals surface area contributed by atoms with Crippen molar-refractivity contribution in [3.8, 4) is 22.5 Å². The molecule has 3 aromatic heterocycles. The van der Waals surface area contributed by atoms with Crippen LogP contribution >= 0.6 is 0 Å². The molecule has 0 amide bonds. The molecular formula is C33H20O3. The third-order valence-electron chi connectivity index (χ3n) is 7.27. The molecule has 0 aliphatic carbocycles. The average Bonchev–Trinajstić information content (AvgIpc) is 3.59. The summed E-state index contributed by atoms with van der Waals surface area (Å²) in [5.41, 5.74) is 8.61. The molecule has 0 atom stereocenters. The molecule has 0 saturated carbocycles. The van der Waals surface area contributed by atoms with Gasteiger partial charge in [-0.15, -0.1) is 0 Å². The van der Waals surface area contributed by atoms with Gasteiger partial charge in [0.2, 0.25) is 0 Å². The second kappa shape index (κ2) is 7.12. The van der Waals surface area contributed by atoms with Crippen LogP contribution in [0.4, 0.5) is 0 Å². The summed E-state index contributed by atoms with van der Waals surface area (Å²) in [6.07, 6.45) is 0. The lowest BCUT2D eigenvalue weighted by Crippen LogP contribution is -1.83. The molecule has 3 heterocycles. The average molecular weight is 465 g/mol. The number of hydrogen-bond donors (Lipinski definition) is 0. The first-order valence-electron chi connectivity index (χ1n) is 12.1. The van der Waals surface area contributed by atoms with E-state index in [9.17, 15) is 0 Å². The quantitative estimate of drug-likeness (QED) is 0.255. The molecule has 3 heteroatoms. The Hall–Kier alpha value is -4.76. The van der Waals surface area contributed by atoms with Crippen molar-refractivity contribution >= 4 is 54.8 Å². The summed E-state index contributed by atoms with van der Waals surface area (Å²) in [6, 6.07) is 35.2. The van der Waals surface area contributed by atoms with Crippen molar-refractivity contribution in [2.45, 2.75) is 6.92 Å². The first kappa shape index (κ1) is 19.5. The number of aryl methyl sites for hydroxylation is 1. The van der Waals surface area contributed by atoms with Crippen LogP contribution in [0, 0.1) is 6.92 Å². The smallest absolute Gasteiger partial charge is 0.144 e. The summed E-state index contributed by atoms with van der Waals surface area (Å²) in [6.45, 7) is 2.12. The standard InChI is InChI=1S/C33H20O3/c1-19-22-11-2-5-14-26(22)35-32(19)21-10-8-9-20(17-21)25-18-29-30(23-12-3-6-15-27(23)34-29)31-24-13-4-7-16-28(24)36-33(25)31/h2-18H,1H3. The van der Waals surface area contributed by atoms with Crippen LogP contribution < -0.4 is 0 Å². The molecule has 0 aliphatic heterocycles. The Morgan fingerprint density at radius 1 is 0.472 bits per heavy atom. The van der Waals surface area contributed by atoms with Gasteiger partial charge in [-0.2, -0.15) is 0 Å². The van der Waals surface area contributed by atoms with Crippen molar-refractivity contribution in [1.29, 1.82) is 0 Å². The van der Waals surface area contributed by atoms with Crippen molar-refractivity contribution in [1.82, 2.24) is 0 Å². The molecule has 36 heavy (non-hydrogen) atoms. The summed E-state index contributed by atoms with van der Waals surface area (Å²) in [7, 11) is 0. The Morgan fingerprint density at radius 3 is 1.83 bits per heavy atom. The molecule has 0 N–H and O–H groups in total. The Labute approximate surface area is 206 Å². The van der Waals surface area contributed by atoms with E-state index in [2.05, 4.69) is 67.6 Å². The number of benzene rings is 5. The molecule has 5 aromatic carbocycles. The molecule has 8 aromatic rings. The summed E-state index contributed by atoms with van der Waals surface area (Å²) in [4.78, 5) is 0. The lowest BCUT2D eigenvalue weighted by Gasteiger charge is -2.07. The van der Waals surface area contributed by atoms with E-state index < -0.39 is 0 Å². The van der Waals surface area contributed by atoms with E-state index in [1.807, 2.05) is 42.5 Å². The van der Waals surface area contributed by atoms with E-state index >= 15 is 0 Å². The summed E-state index contributed by atoms with van der Waals surface area (Å²) in [5, 5.41) is 5.52. The van der Waals surface area contributed by atoms with Gasteiger partial charge in [0.05, 0.1) is 0 Å². The van der Waals surface area contributed by atoms with Gasteiger partial charge in [-0.05, 0) is 42.8 Å². The number of furan rings is 3. The monoisotopic (exact) mass is 464 g/mol. The Bertz CT molecular complexity index is 2120. The number of para-hydroxylation sites is 3. The zero-order chi connectivity index (χ0) is 23.8. The van der Waals surface area contributed by atoms with Gasteiger partial charge in [0, 0.05) is 43.6 Å². The van der Waals surface area contributed by atoms with Gasteiger partial charge < -0.3 is 13.3 Å². The minimum Gasteiger partial charge on any atom is -0.456 e. The molecule has 0 bridgehead atoms. The Morgan fingerprint density at radius 2 is 1.08 bits per heavy atom. The van der Waals surface area contributed by atoms with Crippen LogP contribution in [0.3, 0.4) is 0 Å². The third kappa shape index (κ3) is 2.63. The highest BCUT2D eigenvalue weighted by molar-refractivity contribution is 6.28. The van der Waals surface area contributed by atoms with Gasteiger partial charge in [-0.25, -0.2) is 0 Å². The molecule has 0 spiro atoms. The zero-order valence-corrected chi connectivity index (χ0v) is 19.5. The SMILES string of the molecule is Cc1c(-c2cccc(-c3cc4oc5ccccc5c4c4c3oc3ccccc34)c2)oc2ccccc12. The largest absolute Gasteiger partial charge is 0.456 e. The lowest BCUT2D eigenvalue weighted by atomic mass is 9.96. The van der Waals surface area contributed by atoms with E-state index in [0.29, 0.717) is 0 Å². The minimum atomic E-state index is 0.857. The fourth-order valence-electron chi connectivity index (χ4n) is 5.60. The Balaban J connectivity index is 1.45. The minimum absolute atomic E-state index is 0.857. The van der Waals surface area contributed by atoms with Crippen LogP contribution in [0.1, 0.15) is 5.56 Å². The van der Waals surface area contributed by atoms with Crippen LogP contribution in [-0.2, 0) is 0 Å². The number of fused-ring (bicyclic) bond motifs is 8. The molecule has 3 nitrogen and oxygen atoms in total. The summed E-state index contributed by atoms with van der Waals surface area (Å²) >= 11 is 0. The van der Waals surface area contributed by atoms with Crippen molar-refractivity contribution in [2.24, 2.45) is 0 Å². The molecule has 0 fully saturated rings. The van der Waals surface area contributed by atoms with E-state index in [1.54, 1.807) is 0 Å². The highest BCUT2D eigenvalue weighted by Gasteiger charge is 2.21. The van der Waals surface area contributed by atoms with Gasteiger partial charge in [0.15, 0.2) is 0 Å². The van der Waals surface area contributed by atoms with Crippen molar-refractivity contribution in [2.75, 3.05) is 0 Å². The van der Waals surface area contributed by atoms with Gasteiger partial charge >= 0.3 is 0 Å². The van der Waals surface area contributed by atoms with Crippen LogP contribution in [0.2, 0.25) is 0 Å². The van der Waals surface area contributed by atoms with Gasteiger partial charge in [0.25, 0.3) is 0 Å². The Kier molecular flexibility index (Phi) is 3.87. The zero-order valence-electron chi connectivity index (χ0n) is 19.5. The van der Waals surface area contributed by atoms with E-state index in [4.69, 9.17) is 13.3 Å². The van der Waals surface area contributed by atoms with Crippen LogP contribution in [0.15, 0.2) is 116 Å². The molecule has 0 saturated heterocycles. The summed E-state index contributed by atoms with van der Waals surface area (Å²) in [5.74, 6) is 0.892. The van der Waals surface area contributed by atoms with Crippen molar-refractivity contribution in [3.63, 3.8) is 0 Å². The topological polar surface area (TPSA) is 39.4 Å². The normalized spacial score (nSPS) is 12.0. The molecule has 8 rings (SSSR count). The molecule has 0 unspecified atom stereocenters. The van der Waals surface area contributed by atoms with Crippen LogP contribution in [0.5, 0.6) is 0 Å². The molecule has 0 radical (unpaired) electrons. The lowest BCUT2D eigenvalue weighted by molar-refractivity contribution is 0.629. The van der Waals surface area contributed by atoms with Crippen LogP contribution in [0.25, 0.3) is 77.3 Å². The molecular weight excluding hydrogens is 444 g/mol. The molecule has 0 aliphatic rings. The van der Waals surface area contributed by atoms with Gasteiger partial charge in [-0.3, -0.25) is 0 Å². The first-order valence-corrected chi connectivity index (χ1v) is 12.1. The first-order chi connectivity index (χ1) is 17.8. The number of hydrogen-bond acceptors (Lipinski definition) is 3. The maximum absolute atomic E-state index is 6.52. The predicted molar refractivity (Wildman–Crippen MR) is 146 cm³/mol. The van der Waals surface area contributed by atoms with Crippen molar-refractivity contribution in [3.05, 3.63) is 109 Å². The maximum atomic E-state index is 6.52. The maximum Gasteiger partial charge on any atom is 0.144 e. The summed E-state index contributed by atoms with van der Waals surface area (Å²) < 4.78 is 19.2. The predicted octanol–water partition coefficient (Wildman–Crippen LogP) is 9.87. The third-order valence-corrected chi connectivity index (χ3v) is 7.27. The second-order valence-electron chi connectivity index (χ2n) is 9.33. The fraction of sp³-hybridized carbons (Fsp3) is 0.0303. The van der Waals surface area contributed by atoms with E-state index in [0.717, 1.165) is 82.9 Å². The highest BCUT2D eigenvalue weighted by atomic mass is 16.3. The van der Waals surface area contributed by atoms with Gasteiger partial charge in [0.1, 0.15) is 33.7 Å². The van der Waals surface area contributed by atoms with E-state index in [1.165, 1.54) is 0 Å². The fourth-order valence-corrected chi connectivity index (χ4v) is 5.60. The second-order valence-corrected chi connectivity index (χ2v) is 9.33. The number of rotatable bonds is 2. The molecule has 170 valence electrons. The van der Waals surface area contributed by atoms with Gasteiger partial charge in [-0.1, -0.05) is 72.8 Å².